The Morgan fingerprint density at radius 2 is 1.72 bits per heavy atom. The Morgan fingerprint density at radius 1 is 1.11 bits per heavy atom. The summed E-state index contributed by atoms with van der Waals surface area (Å²) < 4.78 is 0. The molecule has 1 unspecified atom stereocenters. The monoisotopic (exact) mass is 245 g/mol. The van der Waals surface area contributed by atoms with Crippen LogP contribution in [0.3, 0.4) is 0 Å². The van der Waals surface area contributed by atoms with Gasteiger partial charge in [-0.1, -0.05) is 50.3 Å². The van der Waals surface area contributed by atoms with E-state index in [9.17, 15) is 0 Å². The highest BCUT2D eigenvalue weighted by Crippen LogP contribution is 2.33. The number of rotatable bonds is 4. The van der Waals surface area contributed by atoms with Crippen LogP contribution in [0.4, 0.5) is 0 Å². The molecule has 1 nitrogen and oxygen atoms in total. The molecule has 1 saturated carbocycles. The van der Waals surface area contributed by atoms with Crippen LogP contribution in [-0.2, 0) is 0 Å². The quantitative estimate of drug-likeness (QED) is 0.821. The average Bonchev–Trinajstić information content (AvgIpc) is 2.38. The highest BCUT2D eigenvalue weighted by Gasteiger charge is 2.21. The van der Waals surface area contributed by atoms with Crippen molar-refractivity contribution in [2.75, 3.05) is 7.05 Å². The summed E-state index contributed by atoms with van der Waals surface area (Å²) in [5, 5.41) is 3.55. The molecule has 1 fully saturated rings. The molecule has 1 aromatic carbocycles. The molecular weight excluding hydrogens is 218 g/mol. The highest BCUT2D eigenvalue weighted by atomic mass is 14.9. The second kappa shape index (κ2) is 6.38. The fraction of sp³-hybridized carbons (Fsp3) is 0.647. The van der Waals surface area contributed by atoms with Gasteiger partial charge in [0, 0.05) is 6.04 Å². The number of hydrogen-bond acceptors (Lipinski definition) is 1. The van der Waals surface area contributed by atoms with E-state index in [0.717, 1.165) is 5.92 Å². The van der Waals surface area contributed by atoms with Crippen LogP contribution in [0, 0.1) is 19.8 Å². The van der Waals surface area contributed by atoms with Gasteiger partial charge in [-0.15, -0.1) is 0 Å². The molecule has 1 aromatic rings. The van der Waals surface area contributed by atoms with E-state index in [1.54, 1.807) is 0 Å². The molecule has 0 aliphatic heterocycles. The first kappa shape index (κ1) is 13.6. The minimum Gasteiger partial charge on any atom is -0.313 e. The predicted molar refractivity (Wildman–Crippen MR) is 78.9 cm³/mol. The van der Waals surface area contributed by atoms with Gasteiger partial charge >= 0.3 is 0 Å². The minimum absolute atomic E-state index is 0.536. The standard InChI is InChI=1S/C17H27N/c1-13-8-7-9-14(2)17(13)16(18-3)12-15-10-5-4-6-11-15/h7-9,15-16,18H,4-6,10-12H2,1-3H3. The molecule has 18 heavy (non-hydrogen) atoms. The third kappa shape index (κ3) is 3.14. The largest absolute Gasteiger partial charge is 0.313 e. The van der Waals surface area contributed by atoms with E-state index in [2.05, 4.69) is 44.4 Å². The SMILES string of the molecule is CNC(CC1CCCCC1)c1c(C)cccc1C. The van der Waals surface area contributed by atoms with Crippen molar-refractivity contribution >= 4 is 0 Å². The number of hydrogen-bond donors (Lipinski definition) is 1. The Labute approximate surface area is 112 Å². The molecule has 0 heterocycles. The fourth-order valence-electron chi connectivity index (χ4n) is 3.51. The van der Waals surface area contributed by atoms with Gasteiger partial charge in [0.1, 0.15) is 0 Å². The normalized spacial score (nSPS) is 18.8. The van der Waals surface area contributed by atoms with Crippen LogP contribution in [0.5, 0.6) is 0 Å². The van der Waals surface area contributed by atoms with Crippen LogP contribution >= 0.6 is 0 Å². The van der Waals surface area contributed by atoms with Gasteiger partial charge < -0.3 is 5.32 Å². The van der Waals surface area contributed by atoms with E-state index < -0.39 is 0 Å². The lowest BCUT2D eigenvalue weighted by atomic mass is 9.82. The third-order valence-electron chi connectivity index (χ3n) is 4.53. The van der Waals surface area contributed by atoms with Crippen molar-refractivity contribution in [3.8, 4) is 0 Å². The molecule has 0 aromatic heterocycles. The van der Waals surface area contributed by atoms with Gasteiger partial charge in [-0.25, -0.2) is 0 Å². The molecule has 0 amide bonds. The van der Waals surface area contributed by atoms with Gasteiger partial charge in [0.15, 0.2) is 0 Å². The maximum Gasteiger partial charge on any atom is 0.0325 e. The maximum atomic E-state index is 3.55. The zero-order valence-electron chi connectivity index (χ0n) is 12.1. The summed E-state index contributed by atoms with van der Waals surface area (Å²) >= 11 is 0. The van der Waals surface area contributed by atoms with Crippen LogP contribution in [0.25, 0.3) is 0 Å². The van der Waals surface area contributed by atoms with Gasteiger partial charge in [0.2, 0.25) is 0 Å². The fourth-order valence-corrected chi connectivity index (χ4v) is 3.51. The van der Waals surface area contributed by atoms with Gasteiger partial charge in [-0.05, 0) is 49.9 Å². The van der Waals surface area contributed by atoms with E-state index in [-0.39, 0.29) is 0 Å². The molecule has 1 aliphatic rings. The zero-order valence-corrected chi connectivity index (χ0v) is 12.1. The maximum absolute atomic E-state index is 3.55. The second-order valence-electron chi connectivity index (χ2n) is 5.89. The number of benzene rings is 1. The van der Waals surface area contributed by atoms with Crippen molar-refractivity contribution in [2.45, 2.75) is 58.4 Å². The Bertz CT molecular complexity index is 357. The van der Waals surface area contributed by atoms with Crippen molar-refractivity contribution in [3.05, 3.63) is 34.9 Å². The first-order valence-corrected chi connectivity index (χ1v) is 7.45. The summed E-state index contributed by atoms with van der Waals surface area (Å²) in [6.45, 7) is 4.49. The third-order valence-corrected chi connectivity index (χ3v) is 4.53. The molecule has 1 atom stereocenters. The summed E-state index contributed by atoms with van der Waals surface area (Å²) in [6.07, 6.45) is 8.50. The minimum atomic E-state index is 0.536. The van der Waals surface area contributed by atoms with Gasteiger partial charge in [0.05, 0.1) is 0 Å². The van der Waals surface area contributed by atoms with Crippen LogP contribution in [0.15, 0.2) is 18.2 Å². The summed E-state index contributed by atoms with van der Waals surface area (Å²) in [5.74, 6) is 0.926. The summed E-state index contributed by atoms with van der Waals surface area (Å²) in [4.78, 5) is 0. The molecule has 0 spiro atoms. The average molecular weight is 245 g/mol. The summed E-state index contributed by atoms with van der Waals surface area (Å²) in [6, 6.07) is 7.19. The number of nitrogens with one attached hydrogen (secondary N) is 1. The lowest BCUT2D eigenvalue weighted by Crippen LogP contribution is -2.22. The zero-order chi connectivity index (χ0) is 13.0. The van der Waals surface area contributed by atoms with Gasteiger partial charge in [-0.3, -0.25) is 0 Å². The Morgan fingerprint density at radius 3 is 2.28 bits per heavy atom. The van der Waals surface area contributed by atoms with E-state index in [4.69, 9.17) is 0 Å². The Hall–Kier alpha value is -0.820. The first-order chi connectivity index (χ1) is 8.72. The smallest absolute Gasteiger partial charge is 0.0325 e. The van der Waals surface area contributed by atoms with E-state index in [0.29, 0.717) is 6.04 Å². The van der Waals surface area contributed by atoms with Crippen LogP contribution in [0.2, 0.25) is 0 Å². The molecule has 100 valence electrons. The topological polar surface area (TPSA) is 12.0 Å². The van der Waals surface area contributed by atoms with E-state index >= 15 is 0 Å². The van der Waals surface area contributed by atoms with E-state index in [1.807, 2.05) is 0 Å². The first-order valence-electron chi connectivity index (χ1n) is 7.45. The summed E-state index contributed by atoms with van der Waals surface area (Å²) in [7, 11) is 2.11. The molecule has 0 bridgehead atoms. The lowest BCUT2D eigenvalue weighted by molar-refractivity contribution is 0.305. The molecule has 1 N–H and O–H groups in total. The van der Waals surface area contributed by atoms with Gasteiger partial charge in [-0.2, -0.15) is 0 Å². The van der Waals surface area contributed by atoms with Gasteiger partial charge in [0.25, 0.3) is 0 Å². The Balaban J connectivity index is 2.12. The van der Waals surface area contributed by atoms with Crippen molar-refractivity contribution in [1.29, 1.82) is 0 Å². The van der Waals surface area contributed by atoms with Crippen molar-refractivity contribution in [3.63, 3.8) is 0 Å². The Kier molecular flexibility index (Phi) is 4.82. The molecule has 1 heteroatoms. The van der Waals surface area contributed by atoms with Crippen molar-refractivity contribution in [2.24, 2.45) is 5.92 Å². The lowest BCUT2D eigenvalue weighted by Gasteiger charge is -2.28. The second-order valence-corrected chi connectivity index (χ2v) is 5.89. The van der Waals surface area contributed by atoms with Crippen LogP contribution < -0.4 is 5.32 Å². The van der Waals surface area contributed by atoms with Crippen molar-refractivity contribution in [1.82, 2.24) is 5.32 Å². The molecule has 1 aliphatic carbocycles. The summed E-state index contributed by atoms with van der Waals surface area (Å²) in [5.41, 5.74) is 4.40. The molecule has 2 rings (SSSR count). The van der Waals surface area contributed by atoms with Crippen LogP contribution in [-0.4, -0.2) is 7.05 Å². The van der Waals surface area contributed by atoms with Crippen LogP contribution in [0.1, 0.15) is 61.3 Å². The molecule has 0 radical (unpaired) electrons. The number of aryl methyl sites for hydroxylation is 2. The van der Waals surface area contributed by atoms with Crippen molar-refractivity contribution < 1.29 is 0 Å². The predicted octanol–water partition coefficient (Wildman–Crippen LogP) is 4.53. The molecular formula is C17H27N. The highest BCUT2D eigenvalue weighted by molar-refractivity contribution is 5.36. The van der Waals surface area contributed by atoms with E-state index in [1.165, 1.54) is 55.2 Å². The molecule has 0 saturated heterocycles.